The van der Waals surface area contributed by atoms with Gasteiger partial charge in [-0.1, -0.05) is 0 Å². The molecule has 0 aromatic heterocycles. The molecule has 0 spiro atoms. The van der Waals surface area contributed by atoms with Gasteiger partial charge in [0.25, 0.3) is 0 Å². The zero-order chi connectivity index (χ0) is 10.9. The maximum atomic E-state index is 10.4. The average Bonchev–Trinajstić information content (AvgIpc) is 1.43. The second-order valence-electron chi connectivity index (χ2n) is 1.61. The van der Waals surface area contributed by atoms with Gasteiger partial charge in [0.2, 0.25) is 0 Å². The predicted octanol–water partition coefficient (Wildman–Crippen LogP) is -2.65. The van der Waals surface area contributed by atoms with Gasteiger partial charge in [0, 0.05) is 34.1 Å². The van der Waals surface area contributed by atoms with E-state index in [4.69, 9.17) is 24.5 Å². The fraction of sp³-hybridized carbons (Fsp3) is 0. The van der Waals surface area contributed by atoms with Crippen LogP contribution in [0.5, 0.6) is 0 Å². The van der Waals surface area contributed by atoms with Gasteiger partial charge in [-0.15, -0.1) is 0 Å². The summed E-state index contributed by atoms with van der Waals surface area (Å²) in [6.07, 6.45) is 0. The molecule has 0 saturated carbocycles. The van der Waals surface area contributed by atoms with Gasteiger partial charge in [0.1, 0.15) is 0 Å². The molecule has 0 heterocycles. The number of phosphoric acid groups is 3. The van der Waals surface area contributed by atoms with Crippen LogP contribution in [0.4, 0.5) is 0 Å². The van der Waals surface area contributed by atoms with Crippen LogP contribution in [0.15, 0.2) is 0 Å². The van der Waals surface area contributed by atoms with Crippen LogP contribution in [-0.4, -0.2) is 81.0 Å². The molecule has 0 amide bonds. The van der Waals surface area contributed by atoms with Crippen LogP contribution in [0.3, 0.4) is 0 Å². The van der Waals surface area contributed by atoms with Crippen molar-refractivity contribution in [3.05, 3.63) is 0 Å². The van der Waals surface area contributed by atoms with Crippen LogP contribution in [0.2, 0.25) is 0 Å². The molecule has 0 rings (SSSR count). The first-order valence-corrected chi connectivity index (χ1v) is 6.83. The summed E-state index contributed by atoms with van der Waals surface area (Å²) >= 11 is 0. The fourth-order valence-electron chi connectivity index (χ4n) is 0.284. The number of hydrogen-bond acceptors (Lipinski definition) is 5. The molecule has 0 aliphatic heterocycles. The van der Waals surface area contributed by atoms with Crippen molar-refractivity contribution < 1.29 is 80.9 Å². The van der Waals surface area contributed by atoms with Gasteiger partial charge < -0.3 is 24.5 Å². The van der Waals surface area contributed by atoms with E-state index < -0.39 is 23.5 Å². The van der Waals surface area contributed by atoms with Crippen molar-refractivity contribution >= 4 is 80.0 Å². The van der Waals surface area contributed by atoms with E-state index in [1.807, 2.05) is 0 Å². The summed E-state index contributed by atoms with van der Waals surface area (Å²) in [4.78, 5) is 40.2. The Morgan fingerprint density at radius 2 is 0.778 bits per heavy atom. The Balaban J connectivity index is -0.0000000720. The Labute approximate surface area is 159 Å². The van der Waals surface area contributed by atoms with Crippen molar-refractivity contribution in [2.45, 2.75) is 0 Å². The second kappa shape index (κ2) is 13.9. The van der Waals surface area contributed by atoms with Crippen molar-refractivity contribution in [2.75, 3.05) is 0 Å². The van der Waals surface area contributed by atoms with E-state index >= 15 is 0 Å². The van der Waals surface area contributed by atoms with E-state index in [-0.39, 0.29) is 90.7 Å². The first kappa shape index (κ1) is 37.5. The Hall–Kier alpha value is 3.24. The molecule has 0 aliphatic rings. The van der Waals surface area contributed by atoms with Gasteiger partial charge in [0.15, 0.2) is 0 Å². The summed E-state index contributed by atoms with van der Waals surface area (Å²) in [6.45, 7) is 0. The van der Waals surface area contributed by atoms with Gasteiger partial charge in [-0.25, -0.2) is 13.7 Å². The van der Waals surface area contributed by atoms with Crippen LogP contribution < -0.4 is 0 Å². The monoisotopic (exact) mass is 394 g/mol. The topological polar surface area (TPSA) is 171 Å². The Morgan fingerprint density at radius 3 is 0.889 bits per heavy atom. The molecule has 5 N–H and O–H groups in total. The van der Waals surface area contributed by atoms with Crippen LogP contribution in [-0.2, 0) is 56.5 Å². The predicted molar refractivity (Wildman–Crippen MR) is 57.5 cm³/mol. The number of hydrogen-bond donors (Lipinski definition) is 5. The first-order valence-electron chi connectivity index (χ1n) is 2.28. The minimum atomic E-state index is -5.46. The van der Waals surface area contributed by atoms with Crippen LogP contribution in [0.1, 0.15) is 0 Å². The van der Waals surface area contributed by atoms with E-state index in [2.05, 4.69) is 8.62 Å². The van der Waals surface area contributed by atoms with Crippen molar-refractivity contribution in [1.82, 2.24) is 0 Å². The Bertz CT molecular complexity index is 292. The van der Waals surface area contributed by atoms with Crippen molar-refractivity contribution in [3.63, 3.8) is 0 Å². The minimum absolute atomic E-state index is 0. The van der Waals surface area contributed by atoms with Gasteiger partial charge in [-0.2, -0.15) is 8.62 Å². The molecule has 18 heteroatoms. The third kappa shape index (κ3) is 27.6. The zero-order valence-electron chi connectivity index (χ0n) is 6.33. The second-order valence-corrected chi connectivity index (χ2v) is 5.82. The quantitative estimate of drug-likeness (QED) is 0.251. The van der Waals surface area contributed by atoms with E-state index in [0.717, 1.165) is 0 Å². The van der Waals surface area contributed by atoms with Crippen LogP contribution in [0, 0.1) is 0 Å². The molecule has 0 aromatic carbocycles. The third-order valence-corrected chi connectivity index (χ3v) is 3.77. The van der Waals surface area contributed by atoms with E-state index in [1.54, 1.807) is 0 Å². The Kier molecular flexibility index (Phi) is 28.9. The van der Waals surface area contributed by atoms with E-state index in [0.29, 0.717) is 0 Å². The molecule has 10 nitrogen and oxygen atoms in total. The van der Waals surface area contributed by atoms with Crippen molar-refractivity contribution in [2.24, 2.45) is 0 Å². The molecule has 0 fully saturated rings. The molecule has 18 heavy (non-hydrogen) atoms. The molecule has 0 unspecified atom stereocenters. The molecule has 102 valence electrons. The maximum absolute atomic E-state index is 10.4. The van der Waals surface area contributed by atoms with Crippen LogP contribution >= 0.6 is 23.5 Å². The summed E-state index contributed by atoms with van der Waals surface area (Å²) in [5.74, 6) is 0. The molecule has 0 bridgehead atoms. The third-order valence-electron chi connectivity index (χ3n) is 0.419. The first-order chi connectivity index (χ1) is 5.41. The molecular weight excluding hydrogens is 385 g/mol. The molecular formula is H8Fe2Li3O10P3. The average molecular weight is 393 g/mol. The summed E-state index contributed by atoms with van der Waals surface area (Å²) in [7, 11) is -16.2. The molecule has 0 saturated heterocycles. The van der Waals surface area contributed by atoms with Gasteiger partial charge in [0.05, 0.1) is 0 Å². The van der Waals surface area contributed by atoms with Gasteiger partial charge >= 0.3 is 80.0 Å². The normalized spacial score (nSPS) is 10.5. The van der Waals surface area contributed by atoms with Crippen molar-refractivity contribution in [1.29, 1.82) is 0 Å². The Morgan fingerprint density at radius 1 is 0.611 bits per heavy atom. The summed E-state index contributed by atoms with van der Waals surface area (Å²) < 4.78 is 36.4. The summed E-state index contributed by atoms with van der Waals surface area (Å²) in [5.41, 5.74) is 0. The van der Waals surface area contributed by atoms with Crippen molar-refractivity contribution in [3.8, 4) is 0 Å². The fourth-order valence-corrected chi connectivity index (χ4v) is 2.82. The van der Waals surface area contributed by atoms with Crippen LogP contribution in [0.25, 0.3) is 0 Å². The van der Waals surface area contributed by atoms with E-state index in [9.17, 15) is 13.7 Å². The van der Waals surface area contributed by atoms with E-state index in [1.165, 1.54) is 0 Å². The number of rotatable bonds is 4. The molecule has 0 atom stereocenters. The SMILES string of the molecule is O=P(O)(O)OP(=O)(O)OP(=O)(O)O.[Fe].[Fe].[LiH].[LiH].[LiH]. The molecule has 0 aliphatic carbocycles. The summed E-state index contributed by atoms with van der Waals surface area (Å²) in [5, 5.41) is 0. The van der Waals surface area contributed by atoms with Gasteiger partial charge in [-0.05, 0) is 0 Å². The molecule has 0 aromatic rings. The summed E-state index contributed by atoms with van der Waals surface area (Å²) in [6, 6.07) is 0. The van der Waals surface area contributed by atoms with Gasteiger partial charge in [-0.3, -0.25) is 0 Å². The zero-order valence-corrected chi connectivity index (χ0v) is 11.2. The standard InChI is InChI=1S/2Fe.3Li.H5O10P3.3H/c;;;;;1-11(2,3)9-13(7,8)10-12(4,5)6;;;/h;;;;;(H,7,8)(H2,1,2,3)(H2,4,5,6);;;. The molecule has 0 radical (unpaired) electrons.